The van der Waals surface area contributed by atoms with Gasteiger partial charge in [-0.3, -0.25) is 9.59 Å². The Kier molecular flexibility index (Phi) is 8.93. The van der Waals surface area contributed by atoms with E-state index in [1.165, 1.54) is 17.3 Å². The monoisotopic (exact) mass is 441 g/mol. The van der Waals surface area contributed by atoms with Gasteiger partial charge in [0.2, 0.25) is 5.91 Å². The Morgan fingerprint density at radius 3 is 2.65 bits per heavy atom. The second-order valence-corrected chi connectivity index (χ2v) is 8.24. The average molecular weight is 442 g/mol. The number of ether oxygens (including phenoxy) is 2. The summed E-state index contributed by atoms with van der Waals surface area (Å²) in [5.41, 5.74) is 4.51. The molecule has 2 aromatic carbocycles. The van der Waals surface area contributed by atoms with Crippen molar-refractivity contribution in [2.45, 2.75) is 30.8 Å². The third-order valence-corrected chi connectivity index (χ3v) is 5.61. The zero-order valence-electron chi connectivity index (χ0n) is 17.5. The summed E-state index contributed by atoms with van der Waals surface area (Å²) in [5, 5.41) is 6.79. The lowest BCUT2D eigenvalue weighted by atomic mass is 10.2. The Balaban J connectivity index is 1.33. The Morgan fingerprint density at radius 2 is 1.94 bits per heavy atom. The molecule has 0 unspecified atom stereocenters. The van der Waals surface area contributed by atoms with Crippen LogP contribution in [0.2, 0.25) is 0 Å². The quantitative estimate of drug-likeness (QED) is 0.336. The van der Waals surface area contributed by atoms with Gasteiger partial charge in [0.05, 0.1) is 18.1 Å². The van der Waals surface area contributed by atoms with Crippen molar-refractivity contribution in [3.05, 3.63) is 59.7 Å². The van der Waals surface area contributed by atoms with Crippen molar-refractivity contribution in [3.63, 3.8) is 0 Å². The van der Waals surface area contributed by atoms with E-state index in [1.807, 2.05) is 31.2 Å². The highest BCUT2D eigenvalue weighted by atomic mass is 32.2. The summed E-state index contributed by atoms with van der Waals surface area (Å²) in [6, 6.07) is 15.1. The molecule has 1 aliphatic heterocycles. The van der Waals surface area contributed by atoms with Crippen LogP contribution in [0.15, 0.2) is 58.5 Å². The number of nitrogens with one attached hydrogen (secondary N) is 2. The predicted octanol–water partition coefficient (Wildman–Crippen LogP) is 2.91. The minimum Gasteiger partial charge on any atom is -0.484 e. The summed E-state index contributed by atoms with van der Waals surface area (Å²) in [5.74, 6) is 0.536. The number of carbonyl (C=O) groups excluding carboxylic acids is 2. The molecule has 31 heavy (non-hydrogen) atoms. The highest BCUT2D eigenvalue weighted by Crippen LogP contribution is 2.17. The molecule has 2 amide bonds. The minimum atomic E-state index is -0.174. The van der Waals surface area contributed by atoms with E-state index in [9.17, 15) is 9.59 Å². The van der Waals surface area contributed by atoms with E-state index in [0.29, 0.717) is 18.0 Å². The summed E-state index contributed by atoms with van der Waals surface area (Å²) in [7, 11) is 0. The first-order valence-electron chi connectivity index (χ1n) is 10.2. The molecule has 0 saturated carbocycles. The lowest BCUT2D eigenvalue weighted by molar-refractivity contribution is -0.123. The second kappa shape index (κ2) is 12.1. The Hall–Kier alpha value is -2.84. The third-order valence-electron chi connectivity index (χ3n) is 4.59. The van der Waals surface area contributed by atoms with Gasteiger partial charge in [0.25, 0.3) is 5.91 Å². The van der Waals surface area contributed by atoms with Gasteiger partial charge in [-0.15, -0.1) is 11.8 Å². The Bertz CT molecular complexity index is 879. The van der Waals surface area contributed by atoms with Gasteiger partial charge in [-0.05, 0) is 61.7 Å². The first-order chi connectivity index (χ1) is 15.1. The number of benzene rings is 2. The summed E-state index contributed by atoms with van der Waals surface area (Å²) < 4.78 is 11.0. The van der Waals surface area contributed by atoms with Crippen LogP contribution in [0.1, 0.15) is 24.0 Å². The number of hydrogen-bond donors (Lipinski definition) is 2. The molecule has 1 saturated heterocycles. The van der Waals surface area contributed by atoms with Crippen LogP contribution in [0.3, 0.4) is 0 Å². The van der Waals surface area contributed by atoms with E-state index in [4.69, 9.17) is 9.47 Å². The fraction of sp³-hybridized carbons (Fsp3) is 0.348. The number of hydrazone groups is 1. The molecular weight excluding hydrogens is 414 g/mol. The summed E-state index contributed by atoms with van der Waals surface area (Å²) >= 11 is 1.46. The zero-order chi connectivity index (χ0) is 21.9. The first-order valence-corrected chi connectivity index (χ1v) is 11.2. The molecule has 8 heteroatoms. The highest BCUT2D eigenvalue weighted by Gasteiger charge is 2.16. The van der Waals surface area contributed by atoms with E-state index in [-0.39, 0.29) is 24.5 Å². The number of rotatable bonds is 10. The van der Waals surface area contributed by atoms with E-state index in [0.717, 1.165) is 29.9 Å². The topological polar surface area (TPSA) is 89.0 Å². The molecular formula is C23H27N3O4S. The van der Waals surface area contributed by atoms with Gasteiger partial charge < -0.3 is 14.8 Å². The summed E-state index contributed by atoms with van der Waals surface area (Å²) in [6.45, 7) is 3.27. The number of aryl methyl sites for hydroxylation is 1. The second-order valence-electron chi connectivity index (χ2n) is 7.19. The van der Waals surface area contributed by atoms with Crippen LogP contribution in [-0.2, 0) is 14.3 Å². The smallest absolute Gasteiger partial charge is 0.258 e. The zero-order valence-corrected chi connectivity index (χ0v) is 18.3. The predicted molar refractivity (Wildman–Crippen MR) is 122 cm³/mol. The van der Waals surface area contributed by atoms with Gasteiger partial charge in [-0.1, -0.05) is 17.7 Å². The Labute approximate surface area is 186 Å². The molecule has 164 valence electrons. The third kappa shape index (κ3) is 8.43. The number of thioether (sulfide) groups is 1. The summed E-state index contributed by atoms with van der Waals surface area (Å²) in [6.07, 6.45) is 3.70. The van der Waals surface area contributed by atoms with Crippen LogP contribution in [0.4, 0.5) is 0 Å². The van der Waals surface area contributed by atoms with E-state index >= 15 is 0 Å². The van der Waals surface area contributed by atoms with Crippen molar-refractivity contribution < 1.29 is 19.1 Å². The van der Waals surface area contributed by atoms with Crippen LogP contribution in [-0.4, -0.2) is 49.6 Å². The molecule has 2 N–H and O–H groups in total. The van der Waals surface area contributed by atoms with Crippen molar-refractivity contribution in [1.82, 2.24) is 10.7 Å². The lowest BCUT2D eigenvalue weighted by Crippen LogP contribution is -2.35. The fourth-order valence-corrected chi connectivity index (χ4v) is 3.57. The van der Waals surface area contributed by atoms with Crippen LogP contribution in [0.5, 0.6) is 5.75 Å². The molecule has 7 nitrogen and oxygen atoms in total. The molecule has 0 aliphatic carbocycles. The molecule has 0 bridgehead atoms. The molecule has 1 fully saturated rings. The van der Waals surface area contributed by atoms with E-state index < -0.39 is 0 Å². The number of amides is 2. The van der Waals surface area contributed by atoms with Crippen molar-refractivity contribution >= 4 is 29.8 Å². The summed E-state index contributed by atoms with van der Waals surface area (Å²) in [4.78, 5) is 24.8. The van der Waals surface area contributed by atoms with E-state index in [1.54, 1.807) is 30.5 Å². The molecule has 1 heterocycles. The maximum absolute atomic E-state index is 11.9. The minimum absolute atomic E-state index is 0.0468. The lowest BCUT2D eigenvalue weighted by Gasteiger charge is -2.11. The molecule has 0 spiro atoms. The van der Waals surface area contributed by atoms with Gasteiger partial charge >= 0.3 is 0 Å². The molecule has 0 radical (unpaired) electrons. The van der Waals surface area contributed by atoms with Gasteiger partial charge in [0.1, 0.15) is 5.75 Å². The van der Waals surface area contributed by atoms with Crippen molar-refractivity contribution in [3.8, 4) is 5.75 Å². The van der Waals surface area contributed by atoms with E-state index in [2.05, 4.69) is 15.8 Å². The average Bonchev–Trinajstić information content (AvgIpc) is 3.30. The Morgan fingerprint density at radius 1 is 1.16 bits per heavy atom. The fourth-order valence-electron chi connectivity index (χ4n) is 2.88. The van der Waals surface area contributed by atoms with Crippen LogP contribution in [0.25, 0.3) is 0 Å². The van der Waals surface area contributed by atoms with Gasteiger partial charge in [-0.2, -0.15) is 5.10 Å². The molecule has 1 aliphatic rings. The number of hydrogen-bond acceptors (Lipinski definition) is 6. The van der Waals surface area contributed by atoms with Crippen molar-refractivity contribution in [2.24, 2.45) is 5.10 Å². The van der Waals surface area contributed by atoms with Crippen LogP contribution >= 0.6 is 11.8 Å². The molecule has 0 aromatic heterocycles. The van der Waals surface area contributed by atoms with Gasteiger partial charge in [-0.25, -0.2) is 5.43 Å². The van der Waals surface area contributed by atoms with Crippen LogP contribution < -0.4 is 15.5 Å². The van der Waals surface area contributed by atoms with Gasteiger partial charge in [0.15, 0.2) is 6.61 Å². The molecule has 2 aromatic rings. The normalized spacial score (nSPS) is 15.7. The van der Waals surface area contributed by atoms with Gasteiger partial charge in [0, 0.05) is 18.0 Å². The van der Waals surface area contributed by atoms with Crippen LogP contribution in [0, 0.1) is 6.92 Å². The largest absolute Gasteiger partial charge is 0.484 e. The molecule has 1 atom stereocenters. The SMILES string of the molecule is Cc1ccc(SCC(=O)N/N=C\c2ccc(OCC(=O)NC[C@H]3CCCO3)cc2)cc1. The van der Waals surface area contributed by atoms with Crippen molar-refractivity contribution in [2.75, 3.05) is 25.5 Å². The number of nitrogens with zero attached hydrogens (tertiary/aromatic N) is 1. The maximum atomic E-state index is 11.9. The standard InChI is InChI=1S/C23H27N3O4S/c1-17-4-10-21(11-5-17)31-16-23(28)26-25-13-18-6-8-19(9-7-18)30-15-22(27)24-14-20-3-2-12-29-20/h4-11,13,20H,2-3,12,14-16H2,1H3,(H,24,27)(H,26,28)/b25-13-/t20-/m1/s1. The van der Waals surface area contributed by atoms with Crippen molar-refractivity contribution in [1.29, 1.82) is 0 Å². The first kappa shape index (κ1) is 22.8. The maximum Gasteiger partial charge on any atom is 0.258 e. The highest BCUT2D eigenvalue weighted by molar-refractivity contribution is 8.00. The molecule has 3 rings (SSSR count). The number of carbonyl (C=O) groups is 2.